The second kappa shape index (κ2) is 9.42. The van der Waals surface area contributed by atoms with Crippen LogP contribution in [0.25, 0.3) is 11.0 Å². The van der Waals surface area contributed by atoms with Crippen LogP contribution >= 0.6 is 11.6 Å². The van der Waals surface area contributed by atoms with Crippen LogP contribution in [-0.2, 0) is 9.53 Å². The number of halogens is 2. The Balaban J connectivity index is 1.18. The van der Waals surface area contributed by atoms with Gasteiger partial charge in [-0.05, 0) is 37.1 Å². The highest BCUT2D eigenvalue weighted by atomic mass is 35.5. The molecule has 11 heteroatoms. The maximum absolute atomic E-state index is 15.2. The number of hydrogen-bond acceptors (Lipinski definition) is 8. The third kappa shape index (κ3) is 4.55. The van der Waals surface area contributed by atoms with E-state index in [1.807, 2.05) is 0 Å². The lowest BCUT2D eigenvalue weighted by Gasteiger charge is -2.34. The smallest absolute Gasteiger partial charge is 0.246 e. The van der Waals surface area contributed by atoms with Gasteiger partial charge in [0.2, 0.25) is 11.8 Å². The van der Waals surface area contributed by atoms with Crippen molar-refractivity contribution in [1.29, 1.82) is 0 Å². The zero-order valence-electron chi connectivity index (χ0n) is 20.0. The number of benzene rings is 1. The molecule has 2 bridgehead atoms. The summed E-state index contributed by atoms with van der Waals surface area (Å²) < 4.78 is 32.7. The molecule has 4 fully saturated rings. The van der Waals surface area contributed by atoms with Crippen LogP contribution in [0.5, 0.6) is 11.6 Å². The summed E-state index contributed by atoms with van der Waals surface area (Å²) in [4.78, 5) is 26.6. The summed E-state index contributed by atoms with van der Waals surface area (Å²) in [6.07, 6.45) is 5.43. The molecule has 0 spiro atoms. The summed E-state index contributed by atoms with van der Waals surface area (Å²) in [5.74, 6) is 0.174. The van der Waals surface area contributed by atoms with Crippen LogP contribution in [0.2, 0.25) is 5.02 Å². The fourth-order valence-electron chi connectivity index (χ4n) is 5.10. The van der Waals surface area contributed by atoms with Crippen LogP contribution in [0.15, 0.2) is 43.2 Å². The molecule has 192 valence electrons. The number of likely N-dealkylation sites (tertiary alicyclic amines) is 1. The number of aromatic nitrogens is 3. The maximum Gasteiger partial charge on any atom is 0.246 e. The van der Waals surface area contributed by atoms with Crippen LogP contribution in [0.4, 0.5) is 15.9 Å². The first kappa shape index (κ1) is 23.9. The minimum Gasteiger partial charge on any atom is -0.491 e. The van der Waals surface area contributed by atoms with Crippen molar-refractivity contribution in [3.8, 4) is 11.6 Å². The number of anilines is 2. The predicted molar refractivity (Wildman–Crippen MR) is 135 cm³/mol. The maximum atomic E-state index is 15.2. The van der Waals surface area contributed by atoms with E-state index >= 15 is 4.39 Å². The molecule has 3 saturated heterocycles. The Morgan fingerprint density at radius 2 is 2.19 bits per heavy atom. The summed E-state index contributed by atoms with van der Waals surface area (Å²) in [5, 5.41) is 2.87. The molecular formula is C26H25ClFN5O4. The Labute approximate surface area is 217 Å². The molecule has 3 aromatic rings. The standard InChI is InChI=1S/C26H25ClFN5O4/c1-2-21(34)33-8-7-15(11-33)37-20-6-4-18-24(32-20)25(30-14-29-18)31-17-3-5-19(22(27)23(17)28)36-13-26-9-16(10-26)35-12-26/h2-6,14-16H,1,7-13H2,(H,29,30,31)/t15-,16?,26?/m0/s1. The van der Waals surface area contributed by atoms with Gasteiger partial charge in [-0.15, -0.1) is 0 Å². The molecule has 1 aliphatic carbocycles. The average molecular weight is 526 g/mol. The first-order valence-electron chi connectivity index (χ1n) is 12.1. The molecule has 37 heavy (non-hydrogen) atoms. The molecule has 2 aromatic heterocycles. The van der Waals surface area contributed by atoms with Gasteiger partial charge in [-0.1, -0.05) is 18.2 Å². The second-order valence-electron chi connectivity index (χ2n) is 9.75. The first-order valence-corrected chi connectivity index (χ1v) is 12.5. The van der Waals surface area contributed by atoms with E-state index in [4.69, 9.17) is 25.8 Å². The zero-order valence-corrected chi connectivity index (χ0v) is 20.7. The van der Waals surface area contributed by atoms with Gasteiger partial charge >= 0.3 is 0 Å². The number of nitrogens with zero attached hydrogens (tertiary/aromatic N) is 4. The molecule has 9 nitrogen and oxygen atoms in total. The highest BCUT2D eigenvalue weighted by molar-refractivity contribution is 6.32. The number of hydrogen-bond donors (Lipinski definition) is 1. The summed E-state index contributed by atoms with van der Waals surface area (Å²) in [6.45, 7) is 5.68. The lowest BCUT2D eigenvalue weighted by Crippen LogP contribution is -2.38. The number of carbonyl (C=O) groups excluding carboxylic acids is 1. The Bertz CT molecular complexity index is 1380. The van der Waals surface area contributed by atoms with Crippen molar-refractivity contribution in [2.45, 2.75) is 31.5 Å². The third-order valence-corrected chi connectivity index (χ3v) is 7.51. The molecule has 4 aliphatic rings. The van der Waals surface area contributed by atoms with Gasteiger partial charge in [-0.3, -0.25) is 4.79 Å². The van der Waals surface area contributed by atoms with Crippen LogP contribution in [0.3, 0.4) is 0 Å². The lowest BCUT2D eigenvalue weighted by molar-refractivity contribution is -0.125. The molecule has 5 heterocycles. The summed E-state index contributed by atoms with van der Waals surface area (Å²) in [7, 11) is 0. The number of carbonyl (C=O) groups is 1. The fourth-order valence-corrected chi connectivity index (χ4v) is 5.32. The monoisotopic (exact) mass is 525 g/mol. The molecule has 0 unspecified atom stereocenters. The number of pyridine rings is 1. The van der Waals surface area contributed by atoms with E-state index in [0.717, 1.165) is 12.8 Å². The van der Waals surface area contributed by atoms with Crippen molar-refractivity contribution in [3.05, 3.63) is 54.1 Å². The van der Waals surface area contributed by atoms with Crippen molar-refractivity contribution in [2.24, 2.45) is 5.41 Å². The first-order chi connectivity index (χ1) is 17.9. The Hall–Kier alpha value is -3.50. The van der Waals surface area contributed by atoms with E-state index in [-0.39, 0.29) is 33.9 Å². The minimum absolute atomic E-state index is 0.0185. The number of fused-ring (bicyclic) bond motifs is 2. The summed E-state index contributed by atoms with van der Waals surface area (Å²) in [6, 6.07) is 6.66. The van der Waals surface area contributed by atoms with Crippen molar-refractivity contribution in [1.82, 2.24) is 19.9 Å². The van der Waals surface area contributed by atoms with Gasteiger partial charge in [0, 0.05) is 24.4 Å². The number of amides is 1. The van der Waals surface area contributed by atoms with Gasteiger partial charge in [0.15, 0.2) is 11.6 Å². The molecule has 7 rings (SSSR count). The van der Waals surface area contributed by atoms with Crippen LogP contribution < -0.4 is 14.8 Å². The Morgan fingerprint density at radius 3 is 2.97 bits per heavy atom. The summed E-state index contributed by atoms with van der Waals surface area (Å²) in [5.41, 5.74) is 1.12. The second-order valence-corrected chi connectivity index (χ2v) is 10.1. The van der Waals surface area contributed by atoms with E-state index in [1.54, 1.807) is 29.2 Å². The number of ether oxygens (including phenoxy) is 3. The van der Waals surface area contributed by atoms with Crippen molar-refractivity contribution >= 4 is 40.0 Å². The zero-order chi connectivity index (χ0) is 25.6. The molecular weight excluding hydrogens is 501 g/mol. The molecule has 1 amide bonds. The van der Waals surface area contributed by atoms with E-state index < -0.39 is 5.82 Å². The van der Waals surface area contributed by atoms with Crippen LogP contribution in [0, 0.1) is 11.2 Å². The van der Waals surface area contributed by atoms with Crippen molar-refractivity contribution in [3.63, 3.8) is 0 Å². The minimum atomic E-state index is -0.650. The van der Waals surface area contributed by atoms with E-state index in [0.29, 0.717) is 61.6 Å². The number of rotatable bonds is 8. The third-order valence-electron chi connectivity index (χ3n) is 7.16. The van der Waals surface area contributed by atoms with Gasteiger partial charge in [0.25, 0.3) is 0 Å². The largest absolute Gasteiger partial charge is 0.491 e. The SMILES string of the molecule is C=CC(=O)N1CC[C@H](Oc2ccc3ncnc(Nc4ccc(OCC56COC(C5)C6)c(Cl)c4F)c3n2)C1. The van der Waals surface area contributed by atoms with Gasteiger partial charge < -0.3 is 24.4 Å². The van der Waals surface area contributed by atoms with Crippen LogP contribution in [-0.4, -0.2) is 64.3 Å². The van der Waals surface area contributed by atoms with Crippen molar-refractivity contribution < 1.29 is 23.4 Å². The quantitative estimate of drug-likeness (QED) is 0.435. The van der Waals surface area contributed by atoms with E-state index in [9.17, 15) is 4.79 Å². The van der Waals surface area contributed by atoms with Crippen molar-refractivity contribution in [2.75, 3.05) is 31.6 Å². The van der Waals surface area contributed by atoms with Gasteiger partial charge in [0.1, 0.15) is 28.7 Å². The average Bonchev–Trinajstić information content (AvgIpc) is 3.63. The van der Waals surface area contributed by atoms with E-state index in [1.165, 1.54) is 12.4 Å². The number of nitrogens with one attached hydrogen (secondary N) is 1. The molecule has 1 saturated carbocycles. The highest BCUT2D eigenvalue weighted by Crippen LogP contribution is 2.50. The van der Waals surface area contributed by atoms with Gasteiger partial charge in [0.05, 0.1) is 37.1 Å². The van der Waals surface area contributed by atoms with Crippen LogP contribution in [0.1, 0.15) is 19.3 Å². The summed E-state index contributed by atoms with van der Waals surface area (Å²) >= 11 is 6.32. The molecule has 1 aromatic carbocycles. The molecule has 1 N–H and O–H groups in total. The van der Waals surface area contributed by atoms with Gasteiger partial charge in [-0.2, -0.15) is 0 Å². The predicted octanol–water partition coefficient (Wildman–Crippen LogP) is 4.28. The molecule has 0 radical (unpaired) electrons. The highest BCUT2D eigenvalue weighted by Gasteiger charge is 2.52. The fraction of sp³-hybridized carbons (Fsp3) is 0.385. The van der Waals surface area contributed by atoms with E-state index in [2.05, 4.69) is 26.8 Å². The Kier molecular flexibility index (Phi) is 6.08. The molecule has 1 atom stereocenters. The topological polar surface area (TPSA) is 98.7 Å². The Morgan fingerprint density at radius 1 is 1.32 bits per heavy atom. The lowest BCUT2D eigenvalue weighted by atomic mass is 9.71. The normalized spacial score (nSPS) is 24.1. The van der Waals surface area contributed by atoms with Gasteiger partial charge in [-0.25, -0.2) is 19.3 Å². The molecule has 3 aliphatic heterocycles.